The van der Waals surface area contributed by atoms with Crippen LogP contribution in [0.2, 0.25) is 0 Å². The Morgan fingerprint density at radius 3 is 2.25 bits per heavy atom. The Bertz CT molecular complexity index is 327. The van der Waals surface area contributed by atoms with Crippen LogP contribution in [0.15, 0.2) is 35.5 Å². The summed E-state index contributed by atoms with van der Waals surface area (Å²) in [4.78, 5) is 0. The van der Waals surface area contributed by atoms with Crippen LogP contribution in [-0.4, -0.2) is 0 Å². The zero-order valence-electron chi connectivity index (χ0n) is 10.1. The highest BCUT2D eigenvalue weighted by molar-refractivity contribution is 5.35. The summed E-state index contributed by atoms with van der Waals surface area (Å²) in [7, 11) is 0. The number of rotatable bonds is 0. The number of hydrogen-bond donors (Lipinski definition) is 0. The van der Waals surface area contributed by atoms with Crippen LogP contribution in [0.25, 0.3) is 0 Å². The quantitative estimate of drug-likeness (QED) is 0.544. The van der Waals surface area contributed by atoms with Crippen molar-refractivity contribution in [2.24, 2.45) is 11.8 Å². The highest BCUT2D eigenvalue weighted by Gasteiger charge is 2.32. The van der Waals surface area contributed by atoms with E-state index in [1.54, 1.807) is 11.1 Å². The zero-order valence-corrected chi connectivity index (χ0v) is 10.1. The second kappa shape index (κ2) is 4.61. The molecule has 0 heteroatoms. The normalized spacial score (nSPS) is 34.0. The van der Waals surface area contributed by atoms with Gasteiger partial charge in [0.2, 0.25) is 0 Å². The molecule has 0 aromatic heterocycles. The first-order chi connectivity index (χ1) is 7.93. The monoisotopic (exact) mass is 214 g/mol. The average Bonchev–Trinajstić information content (AvgIpc) is 2.62. The molecule has 0 aromatic rings. The lowest BCUT2D eigenvalue weighted by Crippen LogP contribution is -2.04. The van der Waals surface area contributed by atoms with Gasteiger partial charge < -0.3 is 0 Å². The fourth-order valence-electron chi connectivity index (χ4n) is 3.75. The maximum atomic E-state index is 2.35. The van der Waals surface area contributed by atoms with Gasteiger partial charge in [-0.3, -0.25) is 0 Å². The van der Waals surface area contributed by atoms with Crippen LogP contribution in [0.1, 0.15) is 51.4 Å². The maximum Gasteiger partial charge on any atom is -0.00948 e. The van der Waals surface area contributed by atoms with Gasteiger partial charge in [0.25, 0.3) is 0 Å². The SMILES string of the molecule is C1=CCC(=C2CC3CCCCCC3C2)C=C1. The zero-order chi connectivity index (χ0) is 10.8. The van der Waals surface area contributed by atoms with Gasteiger partial charge in [0.05, 0.1) is 0 Å². The van der Waals surface area contributed by atoms with Crippen LogP contribution < -0.4 is 0 Å². The molecule has 3 aliphatic rings. The minimum absolute atomic E-state index is 1.03. The van der Waals surface area contributed by atoms with E-state index < -0.39 is 0 Å². The summed E-state index contributed by atoms with van der Waals surface area (Å²) in [6.45, 7) is 0. The highest BCUT2D eigenvalue weighted by Crippen LogP contribution is 2.45. The van der Waals surface area contributed by atoms with Crippen molar-refractivity contribution in [3.8, 4) is 0 Å². The molecule has 0 bridgehead atoms. The van der Waals surface area contributed by atoms with E-state index in [9.17, 15) is 0 Å². The summed E-state index contributed by atoms with van der Waals surface area (Å²) in [5, 5.41) is 0. The van der Waals surface area contributed by atoms with Gasteiger partial charge in [-0.15, -0.1) is 0 Å². The average molecular weight is 214 g/mol. The Balaban J connectivity index is 1.76. The van der Waals surface area contributed by atoms with Crippen molar-refractivity contribution < 1.29 is 0 Å². The van der Waals surface area contributed by atoms with Crippen LogP contribution in [-0.2, 0) is 0 Å². The molecule has 0 aliphatic heterocycles. The predicted molar refractivity (Wildman–Crippen MR) is 69.2 cm³/mol. The van der Waals surface area contributed by atoms with E-state index in [-0.39, 0.29) is 0 Å². The molecule has 0 saturated heterocycles. The van der Waals surface area contributed by atoms with Crippen LogP contribution in [0, 0.1) is 11.8 Å². The second-order valence-electron chi connectivity index (χ2n) is 5.69. The molecule has 0 heterocycles. The Morgan fingerprint density at radius 2 is 1.62 bits per heavy atom. The van der Waals surface area contributed by atoms with Gasteiger partial charge in [-0.25, -0.2) is 0 Å². The molecule has 0 nitrogen and oxygen atoms in total. The Hall–Kier alpha value is -0.780. The third-order valence-corrected chi connectivity index (χ3v) is 4.67. The molecule has 2 fully saturated rings. The molecule has 2 unspecified atom stereocenters. The molecule has 86 valence electrons. The van der Waals surface area contributed by atoms with E-state index in [0.29, 0.717) is 0 Å². The Morgan fingerprint density at radius 1 is 0.875 bits per heavy atom. The second-order valence-corrected chi connectivity index (χ2v) is 5.69. The first-order valence-corrected chi connectivity index (χ1v) is 6.97. The lowest BCUT2D eigenvalue weighted by molar-refractivity contribution is 0.367. The van der Waals surface area contributed by atoms with Crippen LogP contribution >= 0.6 is 0 Å². The molecule has 0 aromatic carbocycles. The van der Waals surface area contributed by atoms with Gasteiger partial charge in [-0.05, 0) is 49.5 Å². The van der Waals surface area contributed by atoms with Gasteiger partial charge in [0.15, 0.2) is 0 Å². The third kappa shape index (κ3) is 2.03. The lowest BCUT2D eigenvalue weighted by Gasteiger charge is -2.13. The van der Waals surface area contributed by atoms with Crippen LogP contribution in [0.5, 0.6) is 0 Å². The lowest BCUT2D eigenvalue weighted by atomic mass is 9.92. The molecule has 2 atom stereocenters. The van der Waals surface area contributed by atoms with Crippen molar-refractivity contribution in [3.63, 3.8) is 0 Å². The fraction of sp³-hybridized carbons (Fsp3) is 0.625. The van der Waals surface area contributed by atoms with Gasteiger partial charge in [0.1, 0.15) is 0 Å². The summed E-state index contributed by atoms with van der Waals surface area (Å²) in [6, 6.07) is 0. The maximum absolute atomic E-state index is 2.35. The third-order valence-electron chi connectivity index (χ3n) is 4.67. The van der Waals surface area contributed by atoms with Crippen molar-refractivity contribution in [3.05, 3.63) is 35.5 Å². The molecule has 0 spiro atoms. The standard InChI is InChI=1S/C16H22/c1-3-7-13(8-4-1)16-11-14-9-5-2-6-10-15(14)12-16/h1,3-4,7,14-15H,2,5-6,8-12H2. The van der Waals surface area contributed by atoms with E-state index >= 15 is 0 Å². The van der Waals surface area contributed by atoms with Gasteiger partial charge >= 0.3 is 0 Å². The molecular weight excluding hydrogens is 192 g/mol. The highest BCUT2D eigenvalue weighted by atomic mass is 14.4. The minimum atomic E-state index is 1.03. The van der Waals surface area contributed by atoms with Crippen molar-refractivity contribution in [1.82, 2.24) is 0 Å². The van der Waals surface area contributed by atoms with E-state index in [2.05, 4.69) is 24.3 Å². The fourth-order valence-corrected chi connectivity index (χ4v) is 3.75. The van der Waals surface area contributed by atoms with E-state index in [1.807, 2.05) is 0 Å². The minimum Gasteiger partial charge on any atom is -0.0801 e. The van der Waals surface area contributed by atoms with Crippen molar-refractivity contribution in [2.45, 2.75) is 51.4 Å². The molecule has 16 heavy (non-hydrogen) atoms. The van der Waals surface area contributed by atoms with Gasteiger partial charge in [0, 0.05) is 0 Å². The van der Waals surface area contributed by atoms with E-state index in [1.165, 1.54) is 51.4 Å². The summed E-state index contributed by atoms with van der Waals surface area (Å²) >= 11 is 0. The molecule has 3 aliphatic carbocycles. The smallest absolute Gasteiger partial charge is 0.00948 e. The molecule has 0 radical (unpaired) electrons. The largest absolute Gasteiger partial charge is 0.0801 e. The first-order valence-electron chi connectivity index (χ1n) is 6.97. The molecule has 0 amide bonds. The van der Waals surface area contributed by atoms with Gasteiger partial charge in [-0.2, -0.15) is 0 Å². The van der Waals surface area contributed by atoms with Crippen LogP contribution in [0.3, 0.4) is 0 Å². The van der Waals surface area contributed by atoms with E-state index in [0.717, 1.165) is 11.8 Å². The number of fused-ring (bicyclic) bond motifs is 1. The topological polar surface area (TPSA) is 0 Å². The summed E-state index contributed by atoms with van der Waals surface area (Å²) in [5.74, 6) is 2.06. The van der Waals surface area contributed by atoms with Gasteiger partial charge in [-0.1, -0.05) is 49.1 Å². The number of allylic oxidation sites excluding steroid dienone is 6. The van der Waals surface area contributed by atoms with Crippen molar-refractivity contribution in [2.75, 3.05) is 0 Å². The Labute approximate surface area is 99.1 Å². The predicted octanol–water partition coefficient (Wildman–Crippen LogP) is 4.79. The summed E-state index contributed by atoms with van der Waals surface area (Å²) in [5.41, 5.74) is 3.42. The molecule has 3 rings (SSSR count). The van der Waals surface area contributed by atoms with E-state index in [4.69, 9.17) is 0 Å². The van der Waals surface area contributed by atoms with Crippen LogP contribution in [0.4, 0.5) is 0 Å². The summed E-state index contributed by atoms with van der Waals surface area (Å²) < 4.78 is 0. The molecule has 2 saturated carbocycles. The molecular formula is C16H22. The van der Waals surface area contributed by atoms with Crippen molar-refractivity contribution in [1.29, 1.82) is 0 Å². The van der Waals surface area contributed by atoms with Crippen molar-refractivity contribution >= 4 is 0 Å². The number of hydrogen-bond acceptors (Lipinski definition) is 0. The molecule has 0 N–H and O–H groups in total. The summed E-state index contributed by atoms with van der Waals surface area (Å²) in [6.07, 6.45) is 20.5. The Kier molecular flexibility index (Phi) is 2.99. The first kappa shape index (κ1) is 10.4.